The number of phenols is 6. The van der Waals surface area contributed by atoms with E-state index in [-0.39, 0.29) is 22.5 Å². The smallest absolute Gasteiger partial charge is 0.338 e. The number of hydrogen-bond acceptors (Lipinski definition) is 14. The molecule has 2 heterocycles. The molecule has 1 aliphatic rings. The normalized spacial score (nSPS) is 22.1. The summed E-state index contributed by atoms with van der Waals surface area (Å²) in [4.78, 5) is 26.5. The lowest BCUT2D eigenvalue weighted by Gasteiger charge is -2.40. The van der Waals surface area contributed by atoms with Crippen LogP contribution in [0.3, 0.4) is 0 Å². The second-order valence-electron chi connectivity index (χ2n) is 9.52. The van der Waals surface area contributed by atoms with Gasteiger partial charge >= 0.3 is 5.97 Å². The quantitative estimate of drug-likeness (QED) is 0.123. The number of aromatic hydroxyl groups is 6. The van der Waals surface area contributed by atoms with Gasteiger partial charge in [0.25, 0.3) is 0 Å². The van der Waals surface area contributed by atoms with Crippen molar-refractivity contribution in [2.24, 2.45) is 0 Å². The summed E-state index contributed by atoms with van der Waals surface area (Å²) in [6, 6.07) is 8.61. The van der Waals surface area contributed by atoms with Crippen molar-refractivity contribution in [1.29, 1.82) is 0 Å². The van der Waals surface area contributed by atoms with Gasteiger partial charge in [0, 0.05) is 17.7 Å². The van der Waals surface area contributed by atoms with Crippen LogP contribution in [0, 0.1) is 0 Å². The number of ether oxygens (including phenoxy) is 3. The fraction of sp³-hybridized carbons (Fsp3) is 0.214. The molecular formula is C28H24O14. The molecule has 220 valence electrons. The zero-order valence-electron chi connectivity index (χ0n) is 21.5. The third-order valence-electron chi connectivity index (χ3n) is 6.61. The highest BCUT2D eigenvalue weighted by Gasteiger charge is 2.47. The van der Waals surface area contributed by atoms with Crippen molar-refractivity contribution in [3.05, 3.63) is 64.3 Å². The summed E-state index contributed by atoms with van der Waals surface area (Å²) in [5, 5.41) is 80.6. The van der Waals surface area contributed by atoms with Crippen molar-refractivity contribution < 1.29 is 64.3 Å². The molecular weight excluding hydrogens is 560 g/mol. The van der Waals surface area contributed by atoms with Gasteiger partial charge in [0.05, 0.1) is 11.7 Å². The maximum Gasteiger partial charge on any atom is 0.338 e. The van der Waals surface area contributed by atoms with E-state index < -0.39 is 87.7 Å². The van der Waals surface area contributed by atoms with E-state index in [0.717, 1.165) is 24.3 Å². The number of fused-ring (bicyclic) bond motifs is 1. The Morgan fingerprint density at radius 3 is 2.12 bits per heavy atom. The van der Waals surface area contributed by atoms with E-state index in [4.69, 9.17) is 18.6 Å². The molecule has 5 unspecified atom stereocenters. The number of carbonyl (C=O) groups excluding carboxylic acids is 1. The van der Waals surface area contributed by atoms with Gasteiger partial charge in [-0.05, 0) is 43.3 Å². The van der Waals surface area contributed by atoms with E-state index in [9.17, 15) is 50.4 Å². The molecule has 1 fully saturated rings. The number of rotatable bonds is 5. The van der Waals surface area contributed by atoms with Crippen LogP contribution in [-0.4, -0.2) is 77.5 Å². The van der Waals surface area contributed by atoms with Crippen molar-refractivity contribution in [3.63, 3.8) is 0 Å². The first-order valence-corrected chi connectivity index (χ1v) is 12.3. The van der Waals surface area contributed by atoms with Crippen LogP contribution in [0.1, 0.15) is 17.3 Å². The molecule has 0 saturated carbocycles. The third kappa shape index (κ3) is 5.05. The van der Waals surface area contributed by atoms with Gasteiger partial charge in [-0.15, -0.1) is 0 Å². The van der Waals surface area contributed by atoms with Crippen molar-refractivity contribution in [2.75, 3.05) is 0 Å². The zero-order valence-corrected chi connectivity index (χ0v) is 21.5. The van der Waals surface area contributed by atoms with Crippen LogP contribution >= 0.6 is 0 Å². The standard InChI is InChI=1S/C28H24O14/c1-10-20(34)23(37)26(41-27(38)11-2-4-13(29)5-3-11)28(39-10)42-25-22(36)19-15(31)8-14(30)9-18(19)40-24(25)12-6-16(32)21(35)17(33)7-12/h2-10,20,23,26,28-35,37H,1H3. The van der Waals surface area contributed by atoms with Gasteiger partial charge in [-0.2, -0.15) is 0 Å². The third-order valence-corrected chi connectivity index (χ3v) is 6.61. The van der Waals surface area contributed by atoms with Crippen LogP contribution in [0.4, 0.5) is 0 Å². The molecule has 0 radical (unpaired) electrons. The lowest BCUT2D eigenvalue weighted by molar-refractivity contribution is -0.267. The molecule has 1 aromatic heterocycles. The first-order valence-electron chi connectivity index (χ1n) is 12.3. The largest absolute Gasteiger partial charge is 0.508 e. The molecule has 42 heavy (non-hydrogen) atoms. The van der Waals surface area contributed by atoms with E-state index in [1.54, 1.807) is 0 Å². The summed E-state index contributed by atoms with van der Waals surface area (Å²) in [6.07, 6.45) is -8.00. The monoisotopic (exact) mass is 584 g/mol. The second kappa shape index (κ2) is 10.7. The summed E-state index contributed by atoms with van der Waals surface area (Å²) in [6.45, 7) is 1.37. The van der Waals surface area contributed by atoms with Gasteiger partial charge in [-0.1, -0.05) is 0 Å². The average Bonchev–Trinajstić information content (AvgIpc) is 2.93. The first kappa shape index (κ1) is 28.4. The molecule has 0 spiro atoms. The van der Waals surface area contributed by atoms with Crippen molar-refractivity contribution in [2.45, 2.75) is 37.6 Å². The van der Waals surface area contributed by atoms with Crippen molar-refractivity contribution >= 4 is 16.9 Å². The predicted octanol–water partition coefficient (Wildman–Crippen LogP) is 1.76. The minimum atomic E-state index is -1.79. The molecule has 0 aliphatic carbocycles. The van der Waals surface area contributed by atoms with Gasteiger partial charge in [0.2, 0.25) is 17.5 Å². The number of aliphatic hydroxyl groups is 2. The molecule has 5 rings (SSSR count). The number of aliphatic hydroxyl groups excluding tert-OH is 2. The fourth-order valence-corrected chi connectivity index (χ4v) is 4.43. The first-order chi connectivity index (χ1) is 19.8. The molecule has 8 N–H and O–H groups in total. The van der Waals surface area contributed by atoms with E-state index in [1.165, 1.54) is 31.2 Å². The number of benzene rings is 3. The highest BCUT2D eigenvalue weighted by atomic mass is 16.7. The molecule has 5 atom stereocenters. The second-order valence-corrected chi connectivity index (χ2v) is 9.52. The van der Waals surface area contributed by atoms with E-state index in [2.05, 4.69) is 0 Å². The van der Waals surface area contributed by atoms with Gasteiger partial charge in [-0.3, -0.25) is 4.79 Å². The van der Waals surface area contributed by atoms with Crippen molar-refractivity contribution in [3.8, 4) is 51.6 Å². The Labute approximate surface area is 235 Å². The topological polar surface area (TPSA) is 237 Å². The van der Waals surface area contributed by atoms with Gasteiger partial charge in [0.15, 0.2) is 29.1 Å². The molecule has 4 aromatic rings. The number of phenolic OH excluding ortho intramolecular Hbond substituents is 6. The molecule has 0 bridgehead atoms. The Bertz CT molecular complexity index is 1700. The van der Waals surface area contributed by atoms with Crippen molar-refractivity contribution in [1.82, 2.24) is 0 Å². The molecule has 1 aliphatic heterocycles. The minimum Gasteiger partial charge on any atom is -0.508 e. The van der Waals surface area contributed by atoms with Crippen LogP contribution < -0.4 is 10.2 Å². The van der Waals surface area contributed by atoms with E-state index in [1.807, 2.05) is 0 Å². The summed E-state index contributed by atoms with van der Waals surface area (Å²) in [7, 11) is 0. The fourth-order valence-electron chi connectivity index (χ4n) is 4.43. The van der Waals surface area contributed by atoms with Crippen LogP contribution in [0.5, 0.6) is 40.2 Å². The summed E-state index contributed by atoms with van der Waals surface area (Å²) >= 11 is 0. The van der Waals surface area contributed by atoms with Crippen LogP contribution in [-0.2, 0) is 9.47 Å². The Kier molecular flexibility index (Phi) is 7.20. The Balaban J connectivity index is 1.64. The van der Waals surface area contributed by atoms with Crippen LogP contribution in [0.15, 0.2) is 57.7 Å². The summed E-state index contributed by atoms with van der Waals surface area (Å²) in [5.41, 5.74) is -1.65. The SMILES string of the molecule is CC1OC(Oc2c(-c3cc(O)c(O)c(O)c3)oc3cc(O)cc(O)c3c2=O)C(OC(=O)c2ccc(O)cc2)C(O)C1O. The lowest BCUT2D eigenvalue weighted by Crippen LogP contribution is -2.60. The number of carbonyl (C=O) groups is 1. The van der Waals surface area contributed by atoms with E-state index >= 15 is 0 Å². The molecule has 3 aromatic carbocycles. The maximum absolute atomic E-state index is 13.7. The Morgan fingerprint density at radius 1 is 0.833 bits per heavy atom. The zero-order chi connectivity index (χ0) is 30.5. The predicted molar refractivity (Wildman–Crippen MR) is 141 cm³/mol. The number of esters is 1. The van der Waals surface area contributed by atoms with Gasteiger partial charge in [-0.25, -0.2) is 4.79 Å². The highest BCUT2D eigenvalue weighted by Crippen LogP contribution is 2.43. The average molecular weight is 584 g/mol. The lowest BCUT2D eigenvalue weighted by atomic mass is 9.99. The molecule has 14 nitrogen and oxygen atoms in total. The minimum absolute atomic E-state index is 0.0439. The Morgan fingerprint density at radius 2 is 1.48 bits per heavy atom. The van der Waals surface area contributed by atoms with Crippen LogP contribution in [0.2, 0.25) is 0 Å². The molecule has 0 amide bonds. The molecule has 14 heteroatoms. The molecule has 1 saturated heterocycles. The highest BCUT2D eigenvalue weighted by molar-refractivity contribution is 5.90. The maximum atomic E-state index is 13.7. The summed E-state index contributed by atoms with van der Waals surface area (Å²) < 4.78 is 22.6. The van der Waals surface area contributed by atoms with Crippen LogP contribution in [0.25, 0.3) is 22.3 Å². The number of hydrogen-bond donors (Lipinski definition) is 8. The van der Waals surface area contributed by atoms with Gasteiger partial charge in [0.1, 0.15) is 40.4 Å². The van der Waals surface area contributed by atoms with Gasteiger partial charge < -0.3 is 59.5 Å². The van der Waals surface area contributed by atoms with E-state index in [0.29, 0.717) is 0 Å². The summed E-state index contributed by atoms with van der Waals surface area (Å²) in [5.74, 6) is -6.01. The Hall–Kier alpha value is -5.18.